The van der Waals surface area contributed by atoms with Crippen molar-refractivity contribution in [1.82, 2.24) is 20.4 Å². The molecule has 2 aromatic heterocycles. The molecule has 0 spiro atoms. The largest absolute Gasteiger partial charge is 0.351 e. The lowest BCUT2D eigenvalue weighted by Gasteiger charge is -2.24. The van der Waals surface area contributed by atoms with E-state index in [1.54, 1.807) is 12.3 Å². The number of carbonyl (C=O) groups excluding carboxylic acids is 2. The highest BCUT2D eigenvalue weighted by molar-refractivity contribution is 5.92. The molecule has 1 fully saturated rings. The number of amides is 2. The average Bonchev–Trinajstić information content (AvgIpc) is 3.29. The van der Waals surface area contributed by atoms with Crippen molar-refractivity contribution in [3.63, 3.8) is 0 Å². The Morgan fingerprint density at radius 3 is 2.88 bits per heavy atom. The van der Waals surface area contributed by atoms with Gasteiger partial charge in [0.2, 0.25) is 11.7 Å². The van der Waals surface area contributed by atoms with Crippen molar-refractivity contribution in [1.29, 1.82) is 0 Å². The molecule has 0 saturated carbocycles. The second kappa shape index (κ2) is 7.68. The van der Waals surface area contributed by atoms with Gasteiger partial charge in [-0.25, -0.2) is 0 Å². The zero-order valence-corrected chi connectivity index (χ0v) is 15.4. The number of hydrogen-bond donors (Lipinski definition) is 1. The van der Waals surface area contributed by atoms with Crippen molar-refractivity contribution in [2.75, 3.05) is 6.54 Å². The molecule has 1 N–H and O–H groups in total. The first-order valence-electron chi connectivity index (χ1n) is 8.92. The lowest BCUT2D eigenvalue weighted by atomic mass is 10.0. The number of nitrogens with zero attached hydrogens (tertiary/aromatic N) is 3. The van der Waals surface area contributed by atoms with E-state index in [1.807, 2.05) is 30.9 Å². The van der Waals surface area contributed by atoms with E-state index in [2.05, 4.69) is 15.5 Å². The molecule has 0 unspecified atom stereocenters. The third-order valence-corrected chi connectivity index (χ3v) is 4.59. The Bertz CT molecular complexity index is 800. The van der Waals surface area contributed by atoms with Gasteiger partial charge in [-0.3, -0.25) is 14.6 Å². The molecule has 2 amide bonds. The molecule has 0 radical (unpaired) electrons. The molecule has 0 bridgehead atoms. The summed E-state index contributed by atoms with van der Waals surface area (Å²) in [6.45, 7) is 6.56. The van der Waals surface area contributed by atoms with Crippen LogP contribution in [0.3, 0.4) is 0 Å². The first kappa shape index (κ1) is 18.1. The smallest absolute Gasteiger partial charge is 0.292 e. The van der Waals surface area contributed by atoms with Crippen molar-refractivity contribution in [2.24, 2.45) is 0 Å². The zero-order valence-electron chi connectivity index (χ0n) is 15.4. The monoisotopic (exact) mass is 356 g/mol. The molecular formula is C19H24N4O3. The summed E-state index contributed by atoms with van der Waals surface area (Å²) in [4.78, 5) is 30.1. The molecule has 1 atom stereocenters. The van der Waals surface area contributed by atoms with Crippen LogP contribution < -0.4 is 5.32 Å². The number of likely N-dealkylation sites (tertiary alicyclic amines) is 1. The summed E-state index contributed by atoms with van der Waals surface area (Å²) >= 11 is 0. The Morgan fingerprint density at radius 2 is 2.19 bits per heavy atom. The summed E-state index contributed by atoms with van der Waals surface area (Å²) in [5.41, 5.74) is 2.58. The molecule has 1 aliphatic rings. The van der Waals surface area contributed by atoms with Gasteiger partial charge in [-0.2, -0.15) is 0 Å². The van der Waals surface area contributed by atoms with E-state index in [-0.39, 0.29) is 29.5 Å². The van der Waals surface area contributed by atoms with Gasteiger partial charge in [0.15, 0.2) is 0 Å². The number of carbonyl (C=O) groups is 2. The Balaban J connectivity index is 1.78. The van der Waals surface area contributed by atoms with Gasteiger partial charge in [-0.15, -0.1) is 0 Å². The number of rotatable bonds is 5. The van der Waals surface area contributed by atoms with Crippen molar-refractivity contribution >= 4 is 11.8 Å². The van der Waals surface area contributed by atoms with Crippen LogP contribution >= 0.6 is 0 Å². The molecule has 3 heterocycles. The molecule has 7 heteroatoms. The molecule has 1 saturated heterocycles. The molecule has 0 aromatic carbocycles. The van der Waals surface area contributed by atoms with Crippen LogP contribution in [-0.4, -0.2) is 33.4 Å². The predicted molar refractivity (Wildman–Crippen MR) is 95.4 cm³/mol. The van der Waals surface area contributed by atoms with Crippen LogP contribution in [0.1, 0.15) is 73.1 Å². The van der Waals surface area contributed by atoms with E-state index in [0.717, 1.165) is 29.8 Å². The normalized spacial score (nSPS) is 16.9. The van der Waals surface area contributed by atoms with E-state index in [1.165, 1.54) is 6.92 Å². The van der Waals surface area contributed by atoms with Gasteiger partial charge < -0.3 is 14.7 Å². The maximum absolute atomic E-state index is 12.9. The fourth-order valence-electron chi connectivity index (χ4n) is 3.18. The Morgan fingerprint density at radius 1 is 1.38 bits per heavy atom. The Hall–Kier alpha value is -2.70. The van der Waals surface area contributed by atoms with Crippen LogP contribution in [-0.2, 0) is 11.3 Å². The highest BCUT2D eigenvalue weighted by atomic mass is 16.5. The molecule has 0 aliphatic carbocycles. The van der Waals surface area contributed by atoms with E-state index >= 15 is 0 Å². The highest BCUT2D eigenvalue weighted by Gasteiger charge is 2.32. The molecule has 2 aromatic rings. The van der Waals surface area contributed by atoms with Crippen molar-refractivity contribution < 1.29 is 14.1 Å². The molecule has 26 heavy (non-hydrogen) atoms. The average molecular weight is 356 g/mol. The van der Waals surface area contributed by atoms with Gasteiger partial charge in [0, 0.05) is 25.7 Å². The van der Waals surface area contributed by atoms with E-state index in [9.17, 15) is 9.59 Å². The van der Waals surface area contributed by atoms with Crippen molar-refractivity contribution in [3.05, 3.63) is 47.1 Å². The third-order valence-electron chi connectivity index (χ3n) is 4.59. The van der Waals surface area contributed by atoms with Crippen molar-refractivity contribution in [3.8, 4) is 0 Å². The summed E-state index contributed by atoms with van der Waals surface area (Å²) in [6, 6.07) is 5.59. The zero-order chi connectivity index (χ0) is 18.7. The molecule has 3 rings (SSSR count). The second-order valence-corrected chi connectivity index (χ2v) is 6.92. The molecule has 138 valence electrons. The summed E-state index contributed by atoms with van der Waals surface area (Å²) in [5, 5.41) is 6.74. The lowest BCUT2D eigenvalue weighted by Crippen LogP contribution is -2.30. The minimum atomic E-state index is -0.132. The molecule has 7 nitrogen and oxygen atoms in total. The van der Waals surface area contributed by atoms with Crippen LogP contribution in [0.25, 0.3) is 0 Å². The highest BCUT2D eigenvalue weighted by Crippen LogP contribution is 2.33. The minimum Gasteiger partial charge on any atom is -0.351 e. The summed E-state index contributed by atoms with van der Waals surface area (Å²) in [5.74, 6) is 0.271. The maximum Gasteiger partial charge on any atom is 0.292 e. The fourth-order valence-corrected chi connectivity index (χ4v) is 3.18. The molecular weight excluding hydrogens is 332 g/mol. The number of pyridine rings is 1. The van der Waals surface area contributed by atoms with Gasteiger partial charge in [0.25, 0.3) is 5.91 Å². The first-order chi connectivity index (χ1) is 12.5. The van der Waals surface area contributed by atoms with Crippen LogP contribution in [0.15, 0.2) is 28.9 Å². The maximum atomic E-state index is 12.9. The van der Waals surface area contributed by atoms with Gasteiger partial charge in [-0.1, -0.05) is 19.0 Å². The fraction of sp³-hybridized carbons (Fsp3) is 0.474. The standard InChI is InChI=1S/C19H24N4O3/c1-12(2)16-10-18(26-22-16)19(25)23-8-4-5-17(23)14-6-7-20-15(9-14)11-21-13(3)24/h6-7,9-10,12,17H,4-5,8,11H2,1-3H3,(H,21,24)/t17-/m1/s1. The first-order valence-corrected chi connectivity index (χ1v) is 8.92. The van der Waals surface area contributed by atoms with E-state index in [0.29, 0.717) is 13.1 Å². The number of nitrogens with one attached hydrogen (secondary N) is 1. The van der Waals surface area contributed by atoms with Crippen LogP contribution in [0.2, 0.25) is 0 Å². The van der Waals surface area contributed by atoms with E-state index in [4.69, 9.17) is 4.52 Å². The summed E-state index contributed by atoms with van der Waals surface area (Å²) < 4.78 is 5.27. The van der Waals surface area contributed by atoms with Gasteiger partial charge >= 0.3 is 0 Å². The molecule has 1 aliphatic heterocycles. The summed E-state index contributed by atoms with van der Waals surface area (Å²) in [7, 11) is 0. The third kappa shape index (κ3) is 3.92. The lowest BCUT2D eigenvalue weighted by molar-refractivity contribution is -0.119. The Labute approximate surface area is 152 Å². The van der Waals surface area contributed by atoms with Crippen LogP contribution in [0.5, 0.6) is 0 Å². The minimum absolute atomic E-state index is 0.0193. The van der Waals surface area contributed by atoms with E-state index < -0.39 is 0 Å². The quantitative estimate of drug-likeness (QED) is 0.890. The SMILES string of the molecule is CC(=O)NCc1cc([C@H]2CCCN2C(=O)c2cc(C(C)C)no2)ccn1. The van der Waals surface area contributed by atoms with Gasteiger partial charge in [-0.05, 0) is 36.5 Å². The van der Waals surface area contributed by atoms with Crippen molar-refractivity contribution in [2.45, 2.75) is 52.1 Å². The number of hydrogen-bond acceptors (Lipinski definition) is 5. The summed E-state index contributed by atoms with van der Waals surface area (Å²) in [6.07, 6.45) is 3.55. The Kier molecular flexibility index (Phi) is 5.35. The predicted octanol–water partition coefficient (Wildman–Crippen LogP) is 2.81. The van der Waals surface area contributed by atoms with Crippen LogP contribution in [0.4, 0.5) is 0 Å². The second-order valence-electron chi connectivity index (χ2n) is 6.92. The van der Waals surface area contributed by atoms with Gasteiger partial charge in [0.1, 0.15) is 0 Å². The number of aromatic nitrogens is 2. The van der Waals surface area contributed by atoms with Gasteiger partial charge in [0.05, 0.1) is 24.0 Å². The topological polar surface area (TPSA) is 88.3 Å². The van der Waals surface area contributed by atoms with Crippen LogP contribution in [0, 0.1) is 0 Å².